The van der Waals surface area contributed by atoms with Gasteiger partial charge in [-0.05, 0) is 48.4 Å². The van der Waals surface area contributed by atoms with Crippen LogP contribution in [0.5, 0.6) is 0 Å². The molecule has 2 aromatic carbocycles. The van der Waals surface area contributed by atoms with Gasteiger partial charge in [-0.3, -0.25) is 4.79 Å². The van der Waals surface area contributed by atoms with E-state index in [1.807, 2.05) is 0 Å². The Kier molecular flexibility index (Phi) is 4.61. The summed E-state index contributed by atoms with van der Waals surface area (Å²) in [6.45, 7) is 0. The molecule has 0 amide bonds. The third-order valence-corrected chi connectivity index (χ3v) is 3.20. The first-order chi connectivity index (χ1) is 10.3. The van der Waals surface area contributed by atoms with Crippen LogP contribution in [0.2, 0.25) is 0 Å². The number of rotatable bonds is 4. The summed E-state index contributed by atoms with van der Waals surface area (Å²) in [6, 6.07) is 8.53. The summed E-state index contributed by atoms with van der Waals surface area (Å²) >= 11 is 0. The van der Waals surface area contributed by atoms with Crippen molar-refractivity contribution in [3.05, 3.63) is 71.0 Å². The Balaban J connectivity index is 2.06. The van der Waals surface area contributed by atoms with Crippen molar-refractivity contribution in [2.45, 2.75) is 18.6 Å². The number of nitrogens with two attached hydrogens (primary N) is 1. The summed E-state index contributed by atoms with van der Waals surface area (Å²) in [4.78, 5) is 12.1. The van der Waals surface area contributed by atoms with Gasteiger partial charge < -0.3 is 5.73 Å². The fourth-order valence-corrected chi connectivity index (χ4v) is 2.00. The Hall–Kier alpha value is -2.21. The number of hydrogen-bond donors (Lipinski definition) is 1. The Bertz CT molecular complexity index is 647. The molecule has 0 aliphatic carbocycles. The van der Waals surface area contributed by atoms with Crippen LogP contribution in [0.3, 0.4) is 0 Å². The standard InChI is InChI=1S/C16H13F4NO/c17-13-7-3-11(4-8-13)15(22)14(21)9-10-1-5-12(6-2-10)16(18,19)20/h1-8,14H,9,21H2. The van der Waals surface area contributed by atoms with Gasteiger partial charge in [-0.1, -0.05) is 12.1 Å². The molecule has 2 N–H and O–H groups in total. The van der Waals surface area contributed by atoms with Crippen LogP contribution in [0.25, 0.3) is 0 Å². The van der Waals surface area contributed by atoms with E-state index in [0.717, 1.165) is 24.3 Å². The quantitative estimate of drug-likeness (QED) is 0.692. The topological polar surface area (TPSA) is 43.1 Å². The minimum atomic E-state index is -4.40. The zero-order chi connectivity index (χ0) is 16.3. The predicted octanol–water partition coefficient (Wildman–Crippen LogP) is 3.60. The summed E-state index contributed by atoms with van der Waals surface area (Å²) in [7, 11) is 0. The highest BCUT2D eigenvalue weighted by Gasteiger charge is 2.30. The number of carbonyl (C=O) groups excluding carboxylic acids is 1. The lowest BCUT2D eigenvalue weighted by Crippen LogP contribution is -2.32. The van der Waals surface area contributed by atoms with E-state index in [-0.39, 0.29) is 17.8 Å². The highest BCUT2D eigenvalue weighted by molar-refractivity contribution is 6.00. The second kappa shape index (κ2) is 6.27. The molecule has 0 saturated carbocycles. The number of hydrogen-bond acceptors (Lipinski definition) is 2. The van der Waals surface area contributed by atoms with Crippen molar-refractivity contribution < 1.29 is 22.4 Å². The highest BCUT2D eigenvalue weighted by Crippen LogP contribution is 2.29. The molecule has 2 nitrogen and oxygen atoms in total. The molecule has 0 fully saturated rings. The maximum atomic E-state index is 12.8. The Morgan fingerprint density at radius 3 is 2.05 bits per heavy atom. The second-order valence-electron chi connectivity index (χ2n) is 4.88. The highest BCUT2D eigenvalue weighted by atomic mass is 19.4. The Labute approximate surface area is 124 Å². The fraction of sp³-hybridized carbons (Fsp3) is 0.188. The first-order valence-electron chi connectivity index (χ1n) is 6.49. The molecular formula is C16H13F4NO. The summed E-state index contributed by atoms with van der Waals surface area (Å²) in [6.07, 6.45) is -4.29. The smallest absolute Gasteiger partial charge is 0.321 e. The molecule has 22 heavy (non-hydrogen) atoms. The minimum Gasteiger partial charge on any atom is -0.321 e. The monoisotopic (exact) mass is 311 g/mol. The number of carbonyl (C=O) groups is 1. The van der Waals surface area contributed by atoms with Crippen LogP contribution < -0.4 is 5.73 Å². The van der Waals surface area contributed by atoms with Gasteiger partial charge in [-0.15, -0.1) is 0 Å². The molecular weight excluding hydrogens is 298 g/mol. The van der Waals surface area contributed by atoms with Gasteiger partial charge in [0.15, 0.2) is 5.78 Å². The van der Waals surface area contributed by atoms with Gasteiger partial charge >= 0.3 is 6.18 Å². The van der Waals surface area contributed by atoms with Crippen molar-refractivity contribution >= 4 is 5.78 Å². The van der Waals surface area contributed by atoms with Crippen LogP contribution in [0.15, 0.2) is 48.5 Å². The molecule has 0 saturated heterocycles. The van der Waals surface area contributed by atoms with Crippen molar-refractivity contribution in [1.29, 1.82) is 0 Å². The summed E-state index contributed by atoms with van der Waals surface area (Å²) in [5, 5.41) is 0. The Morgan fingerprint density at radius 2 is 1.55 bits per heavy atom. The van der Waals surface area contributed by atoms with Crippen molar-refractivity contribution in [3.63, 3.8) is 0 Å². The third-order valence-electron chi connectivity index (χ3n) is 3.20. The zero-order valence-electron chi connectivity index (χ0n) is 11.4. The van der Waals surface area contributed by atoms with Crippen molar-refractivity contribution in [1.82, 2.24) is 0 Å². The SMILES string of the molecule is NC(Cc1ccc(C(F)(F)F)cc1)C(=O)c1ccc(F)cc1. The minimum absolute atomic E-state index is 0.106. The molecule has 0 aliphatic rings. The molecule has 0 radical (unpaired) electrons. The molecule has 0 spiro atoms. The van der Waals surface area contributed by atoms with E-state index in [9.17, 15) is 22.4 Å². The van der Waals surface area contributed by atoms with Crippen LogP contribution >= 0.6 is 0 Å². The number of benzene rings is 2. The fourth-order valence-electron chi connectivity index (χ4n) is 2.00. The molecule has 0 bridgehead atoms. The average molecular weight is 311 g/mol. The maximum absolute atomic E-state index is 12.8. The van der Waals surface area contributed by atoms with Crippen molar-refractivity contribution in [2.24, 2.45) is 5.73 Å². The van der Waals surface area contributed by atoms with Gasteiger partial charge in [-0.2, -0.15) is 13.2 Å². The van der Waals surface area contributed by atoms with Crippen LogP contribution in [-0.2, 0) is 12.6 Å². The van der Waals surface area contributed by atoms with Gasteiger partial charge in [-0.25, -0.2) is 4.39 Å². The lowest BCUT2D eigenvalue weighted by Gasteiger charge is -2.12. The second-order valence-corrected chi connectivity index (χ2v) is 4.88. The number of alkyl halides is 3. The van der Waals surface area contributed by atoms with E-state index < -0.39 is 23.6 Å². The van der Waals surface area contributed by atoms with Gasteiger partial charge in [0, 0.05) is 5.56 Å². The van der Waals surface area contributed by atoms with E-state index in [2.05, 4.69) is 0 Å². The van der Waals surface area contributed by atoms with Gasteiger partial charge in [0.1, 0.15) is 5.82 Å². The predicted molar refractivity (Wildman–Crippen MR) is 73.9 cm³/mol. The molecule has 0 heterocycles. The largest absolute Gasteiger partial charge is 0.416 e. The summed E-state index contributed by atoms with van der Waals surface area (Å²) in [5.74, 6) is -0.854. The molecule has 1 unspecified atom stereocenters. The third kappa shape index (κ3) is 3.92. The van der Waals surface area contributed by atoms with E-state index >= 15 is 0 Å². The average Bonchev–Trinajstić information content (AvgIpc) is 2.47. The van der Waals surface area contributed by atoms with E-state index in [0.29, 0.717) is 5.56 Å². The molecule has 0 aliphatic heterocycles. The number of halogens is 4. The summed E-state index contributed by atoms with van der Waals surface area (Å²) < 4.78 is 50.2. The van der Waals surface area contributed by atoms with Gasteiger partial charge in [0.05, 0.1) is 11.6 Å². The van der Waals surface area contributed by atoms with Crippen LogP contribution in [0.1, 0.15) is 21.5 Å². The van der Waals surface area contributed by atoms with Crippen molar-refractivity contribution in [2.75, 3.05) is 0 Å². The van der Waals surface area contributed by atoms with Crippen LogP contribution in [0, 0.1) is 5.82 Å². The molecule has 1 atom stereocenters. The molecule has 0 aromatic heterocycles. The van der Waals surface area contributed by atoms with Crippen molar-refractivity contribution in [3.8, 4) is 0 Å². The Morgan fingerprint density at radius 1 is 1.00 bits per heavy atom. The van der Waals surface area contributed by atoms with Gasteiger partial charge in [0.2, 0.25) is 0 Å². The first-order valence-corrected chi connectivity index (χ1v) is 6.49. The van der Waals surface area contributed by atoms with Gasteiger partial charge in [0.25, 0.3) is 0 Å². The lowest BCUT2D eigenvalue weighted by molar-refractivity contribution is -0.137. The zero-order valence-corrected chi connectivity index (χ0v) is 11.4. The van der Waals surface area contributed by atoms with E-state index in [1.165, 1.54) is 24.3 Å². The van der Waals surface area contributed by atoms with E-state index in [1.54, 1.807) is 0 Å². The number of Topliss-reactive ketones (excluding diaryl/α,β-unsaturated/α-hetero) is 1. The first kappa shape index (κ1) is 16.2. The molecule has 116 valence electrons. The lowest BCUT2D eigenvalue weighted by atomic mass is 9.98. The normalized spacial score (nSPS) is 13.0. The van der Waals surface area contributed by atoms with Crippen LogP contribution in [-0.4, -0.2) is 11.8 Å². The molecule has 2 aromatic rings. The molecule has 6 heteroatoms. The van der Waals surface area contributed by atoms with E-state index in [4.69, 9.17) is 5.73 Å². The van der Waals surface area contributed by atoms with Crippen LogP contribution in [0.4, 0.5) is 17.6 Å². The number of ketones is 1. The molecule has 2 rings (SSSR count). The summed E-state index contributed by atoms with van der Waals surface area (Å²) in [5.41, 5.74) is 5.81. The maximum Gasteiger partial charge on any atom is 0.416 e.